The normalized spacial score (nSPS) is 30.7. The lowest BCUT2D eigenvalue weighted by Gasteiger charge is -2.50. The van der Waals surface area contributed by atoms with Crippen LogP contribution in [-0.4, -0.2) is 26.3 Å². The predicted octanol–water partition coefficient (Wildman–Crippen LogP) is 2.73. The van der Waals surface area contributed by atoms with Crippen LogP contribution in [0.4, 0.5) is 0 Å². The SMILES string of the molecule is CNC1CCC(C2(c3ccccc3)COC2)CC1. The molecule has 2 heteroatoms. The van der Waals surface area contributed by atoms with Gasteiger partial charge in [-0.2, -0.15) is 0 Å². The third kappa shape index (κ3) is 1.98. The molecule has 0 unspecified atom stereocenters. The van der Waals surface area contributed by atoms with E-state index in [4.69, 9.17) is 4.74 Å². The van der Waals surface area contributed by atoms with Gasteiger partial charge in [-0.15, -0.1) is 0 Å². The minimum atomic E-state index is 0.319. The maximum Gasteiger partial charge on any atom is 0.0588 e. The molecule has 18 heavy (non-hydrogen) atoms. The summed E-state index contributed by atoms with van der Waals surface area (Å²) >= 11 is 0. The van der Waals surface area contributed by atoms with Crippen molar-refractivity contribution in [3.8, 4) is 0 Å². The lowest BCUT2D eigenvalue weighted by molar-refractivity contribution is -0.0988. The van der Waals surface area contributed by atoms with Gasteiger partial charge in [0.15, 0.2) is 0 Å². The van der Waals surface area contributed by atoms with Crippen molar-refractivity contribution in [1.29, 1.82) is 0 Å². The summed E-state index contributed by atoms with van der Waals surface area (Å²) < 4.78 is 5.58. The number of ether oxygens (including phenoxy) is 1. The summed E-state index contributed by atoms with van der Waals surface area (Å²) in [7, 11) is 2.09. The number of hydrogen-bond donors (Lipinski definition) is 1. The summed E-state index contributed by atoms with van der Waals surface area (Å²) in [5.41, 5.74) is 1.81. The summed E-state index contributed by atoms with van der Waals surface area (Å²) in [5, 5.41) is 3.42. The molecule has 3 rings (SSSR count). The van der Waals surface area contributed by atoms with E-state index in [1.54, 1.807) is 0 Å². The molecule has 1 saturated heterocycles. The maximum atomic E-state index is 5.58. The summed E-state index contributed by atoms with van der Waals surface area (Å²) in [5.74, 6) is 0.804. The Morgan fingerprint density at radius 1 is 1.06 bits per heavy atom. The number of benzene rings is 1. The Labute approximate surface area is 110 Å². The first kappa shape index (κ1) is 12.2. The zero-order chi connectivity index (χ0) is 12.4. The van der Waals surface area contributed by atoms with E-state index in [1.807, 2.05) is 0 Å². The fraction of sp³-hybridized carbons (Fsp3) is 0.625. The molecule has 0 aromatic heterocycles. The summed E-state index contributed by atoms with van der Waals surface area (Å²) in [6.07, 6.45) is 5.30. The van der Waals surface area contributed by atoms with Crippen molar-refractivity contribution < 1.29 is 4.74 Å². The zero-order valence-electron chi connectivity index (χ0n) is 11.2. The van der Waals surface area contributed by atoms with Crippen LogP contribution in [0.15, 0.2) is 30.3 Å². The van der Waals surface area contributed by atoms with E-state index in [1.165, 1.54) is 31.2 Å². The van der Waals surface area contributed by atoms with E-state index in [0.29, 0.717) is 5.41 Å². The quantitative estimate of drug-likeness (QED) is 0.884. The van der Waals surface area contributed by atoms with Crippen LogP contribution < -0.4 is 5.32 Å². The molecular formula is C16H23NO. The molecule has 1 saturated carbocycles. The molecule has 1 aromatic rings. The van der Waals surface area contributed by atoms with Gasteiger partial charge in [0.2, 0.25) is 0 Å². The Morgan fingerprint density at radius 3 is 2.22 bits per heavy atom. The third-order valence-corrected chi connectivity index (χ3v) is 4.98. The average Bonchev–Trinajstić information content (AvgIpc) is 2.40. The highest BCUT2D eigenvalue weighted by Gasteiger charge is 2.47. The van der Waals surface area contributed by atoms with E-state index < -0.39 is 0 Å². The van der Waals surface area contributed by atoms with Crippen molar-refractivity contribution in [1.82, 2.24) is 5.32 Å². The van der Waals surface area contributed by atoms with Crippen LogP contribution in [0.2, 0.25) is 0 Å². The molecule has 2 fully saturated rings. The molecule has 0 atom stereocenters. The second-order valence-electron chi connectivity index (χ2n) is 5.85. The molecule has 0 bridgehead atoms. The van der Waals surface area contributed by atoms with Gasteiger partial charge in [0.25, 0.3) is 0 Å². The van der Waals surface area contributed by atoms with Crippen molar-refractivity contribution in [2.75, 3.05) is 20.3 Å². The van der Waals surface area contributed by atoms with Crippen molar-refractivity contribution >= 4 is 0 Å². The Kier molecular flexibility index (Phi) is 3.40. The summed E-state index contributed by atoms with van der Waals surface area (Å²) in [4.78, 5) is 0. The minimum Gasteiger partial charge on any atom is -0.379 e. The topological polar surface area (TPSA) is 21.3 Å². The van der Waals surface area contributed by atoms with E-state index in [2.05, 4.69) is 42.7 Å². The van der Waals surface area contributed by atoms with E-state index >= 15 is 0 Å². The molecule has 1 N–H and O–H groups in total. The molecule has 0 spiro atoms. The third-order valence-electron chi connectivity index (χ3n) is 4.98. The average molecular weight is 245 g/mol. The highest BCUT2D eigenvalue weighted by molar-refractivity contribution is 5.29. The van der Waals surface area contributed by atoms with Crippen LogP contribution in [0, 0.1) is 5.92 Å². The van der Waals surface area contributed by atoms with E-state index in [9.17, 15) is 0 Å². The van der Waals surface area contributed by atoms with Gasteiger partial charge in [-0.25, -0.2) is 0 Å². The molecule has 0 amide bonds. The van der Waals surface area contributed by atoms with Crippen molar-refractivity contribution in [3.05, 3.63) is 35.9 Å². The molecule has 2 aliphatic rings. The summed E-state index contributed by atoms with van der Waals surface area (Å²) in [6.45, 7) is 1.85. The van der Waals surface area contributed by atoms with Crippen LogP contribution in [0.1, 0.15) is 31.2 Å². The molecule has 1 heterocycles. The van der Waals surface area contributed by atoms with Gasteiger partial charge < -0.3 is 10.1 Å². The number of nitrogens with one attached hydrogen (secondary N) is 1. The lowest BCUT2D eigenvalue weighted by atomic mass is 9.63. The Balaban J connectivity index is 1.77. The van der Waals surface area contributed by atoms with Gasteiger partial charge in [-0.3, -0.25) is 0 Å². The molecule has 0 radical (unpaired) electrons. The molecule has 1 aliphatic carbocycles. The van der Waals surface area contributed by atoms with Gasteiger partial charge in [0.1, 0.15) is 0 Å². The fourth-order valence-electron chi connectivity index (χ4n) is 3.66. The van der Waals surface area contributed by atoms with Gasteiger partial charge in [-0.05, 0) is 44.2 Å². The second-order valence-corrected chi connectivity index (χ2v) is 5.85. The standard InChI is InChI=1S/C16H23NO/c1-17-15-9-7-14(8-10-15)16(11-18-12-16)13-5-3-2-4-6-13/h2-6,14-15,17H,7-12H2,1H3. The van der Waals surface area contributed by atoms with Crippen molar-refractivity contribution in [2.45, 2.75) is 37.1 Å². The molecule has 1 aromatic carbocycles. The monoisotopic (exact) mass is 245 g/mol. The maximum absolute atomic E-state index is 5.58. The largest absolute Gasteiger partial charge is 0.379 e. The first-order valence-electron chi connectivity index (χ1n) is 7.16. The van der Waals surface area contributed by atoms with Gasteiger partial charge in [0.05, 0.1) is 13.2 Å². The molecule has 98 valence electrons. The van der Waals surface area contributed by atoms with Crippen molar-refractivity contribution in [2.24, 2.45) is 5.92 Å². The Bertz CT molecular complexity index is 377. The van der Waals surface area contributed by atoms with E-state index in [0.717, 1.165) is 25.2 Å². The van der Waals surface area contributed by atoms with Crippen LogP contribution in [-0.2, 0) is 10.2 Å². The molecular weight excluding hydrogens is 222 g/mol. The Morgan fingerprint density at radius 2 is 1.72 bits per heavy atom. The first-order chi connectivity index (χ1) is 8.85. The summed E-state index contributed by atoms with van der Waals surface area (Å²) in [6, 6.07) is 11.7. The fourth-order valence-corrected chi connectivity index (χ4v) is 3.66. The van der Waals surface area contributed by atoms with Crippen LogP contribution in [0.5, 0.6) is 0 Å². The van der Waals surface area contributed by atoms with Crippen LogP contribution in [0.3, 0.4) is 0 Å². The zero-order valence-corrected chi connectivity index (χ0v) is 11.2. The highest BCUT2D eigenvalue weighted by atomic mass is 16.5. The van der Waals surface area contributed by atoms with Gasteiger partial charge >= 0.3 is 0 Å². The van der Waals surface area contributed by atoms with Crippen molar-refractivity contribution in [3.63, 3.8) is 0 Å². The second kappa shape index (κ2) is 5.02. The van der Waals surface area contributed by atoms with Gasteiger partial charge in [-0.1, -0.05) is 30.3 Å². The minimum absolute atomic E-state index is 0.319. The first-order valence-corrected chi connectivity index (χ1v) is 7.16. The molecule has 1 aliphatic heterocycles. The van der Waals surface area contributed by atoms with Crippen LogP contribution in [0.25, 0.3) is 0 Å². The van der Waals surface area contributed by atoms with Gasteiger partial charge in [0, 0.05) is 11.5 Å². The Hall–Kier alpha value is -0.860. The lowest BCUT2D eigenvalue weighted by Crippen LogP contribution is -2.53. The predicted molar refractivity (Wildman–Crippen MR) is 73.7 cm³/mol. The highest BCUT2D eigenvalue weighted by Crippen LogP contribution is 2.45. The van der Waals surface area contributed by atoms with E-state index in [-0.39, 0.29) is 0 Å². The number of rotatable bonds is 3. The van der Waals surface area contributed by atoms with Crippen LogP contribution >= 0.6 is 0 Å². The smallest absolute Gasteiger partial charge is 0.0588 e. The number of hydrogen-bond acceptors (Lipinski definition) is 2. The molecule has 2 nitrogen and oxygen atoms in total.